The van der Waals surface area contributed by atoms with Gasteiger partial charge in [0.05, 0.1) is 0 Å². The molecule has 0 spiro atoms. The van der Waals surface area contributed by atoms with Crippen molar-refractivity contribution in [1.82, 2.24) is 10.1 Å². The first-order valence-electron chi connectivity index (χ1n) is 6.50. The molecule has 0 unspecified atom stereocenters. The average molecular weight is 312 g/mol. The Labute approximate surface area is 125 Å². The molecule has 1 heterocycles. The normalized spacial score (nSPS) is 11.0. The van der Waals surface area contributed by atoms with E-state index in [0.29, 0.717) is 5.82 Å². The van der Waals surface area contributed by atoms with Gasteiger partial charge in [0.25, 0.3) is 5.89 Å². The van der Waals surface area contributed by atoms with Crippen LogP contribution in [0.4, 0.5) is 8.78 Å². The van der Waals surface area contributed by atoms with Crippen LogP contribution in [0.1, 0.15) is 41.8 Å². The van der Waals surface area contributed by atoms with Crippen LogP contribution in [0.5, 0.6) is 5.75 Å². The van der Waals surface area contributed by atoms with E-state index in [0.717, 1.165) is 0 Å². The number of ether oxygens (including phenoxy) is 2. The van der Waals surface area contributed by atoms with Crippen LogP contribution in [0.3, 0.4) is 0 Å². The fourth-order valence-electron chi connectivity index (χ4n) is 1.60. The Morgan fingerprint density at radius 1 is 1.32 bits per heavy atom. The van der Waals surface area contributed by atoms with Crippen molar-refractivity contribution in [2.24, 2.45) is 0 Å². The summed E-state index contributed by atoms with van der Waals surface area (Å²) in [7, 11) is 0. The molecule has 0 bridgehead atoms. The van der Waals surface area contributed by atoms with E-state index in [9.17, 15) is 13.6 Å². The predicted molar refractivity (Wildman–Crippen MR) is 70.6 cm³/mol. The van der Waals surface area contributed by atoms with Gasteiger partial charge in [-0.15, -0.1) is 0 Å². The number of alkyl halides is 2. The summed E-state index contributed by atoms with van der Waals surface area (Å²) in [4.78, 5) is 16.0. The van der Waals surface area contributed by atoms with Gasteiger partial charge in [0.2, 0.25) is 0 Å². The molecular formula is C14H14F2N2O4. The lowest BCUT2D eigenvalue weighted by Gasteiger charge is -2.09. The van der Waals surface area contributed by atoms with Gasteiger partial charge in [-0.1, -0.05) is 31.1 Å². The largest absolute Gasteiger partial charge is 0.452 e. The van der Waals surface area contributed by atoms with Crippen molar-refractivity contribution in [2.75, 3.05) is 0 Å². The van der Waals surface area contributed by atoms with E-state index in [1.54, 1.807) is 0 Å². The minimum absolute atomic E-state index is 0.0772. The number of carbonyl (C=O) groups excluding carboxylic acids is 1. The van der Waals surface area contributed by atoms with E-state index >= 15 is 0 Å². The fraction of sp³-hybridized carbons (Fsp3) is 0.357. The molecule has 2 rings (SSSR count). The molecule has 1 aromatic heterocycles. The maximum Gasteiger partial charge on any atom is 0.387 e. The fourth-order valence-corrected chi connectivity index (χ4v) is 1.60. The van der Waals surface area contributed by atoms with E-state index in [-0.39, 0.29) is 29.7 Å². The molecule has 0 aliphatic rings. The molecule has 0 atom stereocenters. The number of aromatic nitrogens is 2. The van der Waals surface area contributed by atoms with E-state index < -0.39 is 12.6 Å². The standard InChI is InChI=1S/C14H14F2N2O4/c1-8(2)12-17-11(22-18-12)7-20-13(19)9-5-3-4-6-10(9)21-14(15)16/h3-6,8,14H,7H2,1-2H3. The lowest BCUT2D eigenvalue weighted by atomic mass is 10.2. The first kappa shape index (κ1) is 15.9. The highest BCUT2D eigenvalue weighted by Crippen LogP contribution is 2.21. The van der Waals surface area contributed by atoms with Crippen molar-refractivity contribution >= 4 is 5.97 Å². The molecule has 0 N–H and O–H groups in total. The van der Waals surface area contributed by atoms with Gasteiger partial charge in [-0.05, 0) is 12.1 Å². The zero-order valence-corrected chi connectivity index (χ0v) is 12.0. The summed E-state index contributed by atoms with van der Waals surface area (Å²) in [6.45, 7) is 0.497. The van der Waals surface area contributed by atoms with Gasteiger partial charge in [0.1, 0.15) is 11.3 Å². The maximum atomic E-state index is 12.3. The number of esters is 1. The predicted octanol–water partition coefficient (Wildman–Crippen LogP) is 3.15. The van der Waals surface area contributed by atoms with Crippen LogP contribution in [-0.2, 0) is 11.3 Å². The molecule has 0 fully saturated rings. The summed E-state index contributed by atoms with van der Waals surface area (Å²) in [6.07, 6.45) is 0. The minimum atomic E-state index is -3.03. The first-order valence-corrected chi connectivity index (χ1v) is 6.50. The van der Waals surface area contributed by atoms with Gasteiger partial charge in [-0.3, -0.25) is 0 Å². The molecule has 2 aromatic rings. The quantitative estimate of drug-likeness (QED) is 0.763. The van der Waals surface area contributed by atoms with Crippen LogP contribution in [0.15, 0.2) is 28.8 Å². The maximum absolute atomic E-state index is 12.3. The van der Waals surface area contributed by atoms with Gasteiger partial charge in [-0.25, -0.2) is 4.79 Å². The molecule has 6 nitrogen and oxygen atoms in total. The van der Waals surface area contributed by atoms with Crippen molar-refractivity contribution in [3.8, 4) is 5.75 Å². The highest BCUT2D eigenvalue weighted by atomic mass is 19.3. The molecule has 0 aliphatic carbocycles. The summed E-state index contributed by atoms with van der Waals surface area (Å²) < 4.78 is 38.7. The summed E-state index contributed by atoms with van der Waals surface area (Å²) in [5.41, 5.74) is -0.105. The van der Waals surface area contributed by atoms with E-state index in [4.69, 9.17) is 9.26 Å². The molecule has 0 saturated heterocycles. The van der Waals surface area contributed by atoms with Crippen LogP contribution in [0.25, 0.3) is 0 Å². The van der Waals surface area contributed by atoms with Gasteiger partial charge in [0, 0.05) is 5.92 Å². The minimum Gasteiger partial charge on any atom is -0.452 e. The Bertz CT molecular complexity index is 643. The first-order chi connectivity index (χ1) is 10.5. The van der Waals surface area contributed by atoms with Crippen LogP contribution in [0, 0.1) is 0 Å². The van der Waals surface area contributed by atoms with Crippen molar-refractivity contribution in [3.05, 3.63) is 41.5 Å². The third kappa shape index (κ3) is 4.00. The summed E-state index contributed by atoms with van der Waals surface area (Å²) in [5.74, 6) is -0.374. The van der Waals surface area contributed by atoms with Crippen molar-refractivity contribution in [1.29, 1.82) is 0 Å². The zero-order chi connectivity index (χ0) is 16.1. The smallest absolute Gasteiger partial charge is 0.387 e. The van der Waals surface area contributed by atoms with E-state index in [2.05, 4.69) is 14.9 Å². The van der Waals surface area contributed by atoms with Gasteiger partial charge in [-0.2, -0.15) is 13.8 Å². The summed E-state index contributed by atoms with van der Waals surface area (Å²) >= 11 is 0. The number of halogens is 2. The second-order valence-electron chi connectivity index (χ2n) is 4.65. The Hall–Kier alpha value is -2.51. The van der Waals surface area contributed by atoms with E-state index in [1.165, 1.54) is 24.3 Å². The number of rotatable bonds is 6. The lowest BCUT2D eigenvalue weighted by molar-refractivity contribution is -0.0505. The summed E-state index contributed by atoms with van der Waals surface area (Å²) in [6, 6.07) is 5.57. The number of hydrogen-bond donors (Lipinski definition) is 0. The molecule has 22 heavy (non-hydrogen) atoms. The second-order valence-corrected chi connectivity index (χ2v) is 4.65. The Morgan fingerprint density at radius 2 is 2.05 bits per heavy atom. The molecule has 8 heteroatoms. The highest BCUT2D eigenvalue weighted by molar-refractivity contribution is 5.92. The average Bonchev–Trinajstić information content (AvgIpc) is 2.94. The topological polar surface area (TPSA) is 74.5 Å². The molecule has 0 amide bonds. The van der Waals surface area contributed by atoms with Crippen LogP contribution in [-0.4, -0.2) is 22.7 Å². The molecular weight excluding hydrogens is 298 g/mol. The molecule has 0 radical (unpaired) electrons. The van der Waals surface area contributed by atoms with Gasteiger partial charge in [0.15, 0.2) is 12.4 Å². The van der Waals surface area contributed by atoms with E-state index in [1.807, 2.05) is 13.8 Å². The molecule has 0 saturated carbocycles. The number of para-hydroxylation sites is 1. The third-order valence-corrected chi connectivity index (χ3v) is 2.65. The molecule has 0 aliphatic heterocycles. The number of hydrogen-bond acceptors (Lipinski definition) is 6. The summed E-state index contributed by atoms with van der Waals surface area (Å²) in [5, 5.41) is 3.72. The van der Waals surface area contributed by atoms with Crippen molar-refractivity contribution < 1.29 is 27.6 Å². The van der Waals surface area contributed by atoms with Gasteiger partial charge < -0.3 is 14.0 Å². The number of benzene rings is 1. The van der Waals surface area contributed by atoms with Gasteiger partial charge >= 0.3 is 12.6 Å². The second kappa shape index (κ2) is 6.97. The number of carbonyl (C=O) groups is 1. The molecule has 118 valence electrons. The number of nitrogens with zero attached hydrogens (tertiary/aromatic N) is 2. The van der Waals surface area contributed by atoms with Crippen molar-refractivity contribution in [3.63, 3.8) is 0 Å². The monoisotopic (exact) mass is 312 g/mol. The van der Waals surface area contributed by atoms with Crippen LogP contribution in [0.2, 0.25) is 0 Å². The highest BCUT2D eigenvalue weighted by Gasteiger charge is 2.18. The Balaban J connectivity index is 2.03. The van der Waals surface area contributed by atoms with Crippen LogP contribution >= 0.6 is 0 Å². The third-order valence-electron chi connectivity index (χ3n) is 2.65. The molecule has 1 aromatic carbocycles. The Morgan fingerprint density at radius 3 is 2.68 bits per heavy atom. The van der Waals surface area contributed by atoms with Crippen LogP contribution < -0.4 is 4.74 Å². The lowest BCUT2D eigenvalue weighted by Crippen LogP contribution is -2.10. The van der Waals surface area contributed by atoms with Crippen molar-refractivity contribution in [2.45, 2.75) is 33.0 Å². The zero-order valence-electron chi connectivity index (χ0n) is 12.0. The SMILES string of the molecule is CC(C)c1noc(COC(=O)c2ccccc2OC(F)F)n1. The Kier molecular flexibility index (Phi) is 5.03.